The van der Waals surface area contributed by atoms with Gasteiger partial charge in [0.1, 0.15) is 0 Å². The zero-order valence-electron chi connectivity index (χ0n) is 13.5. The summed E-state index contributed by atoms with van der Waals surface area (Å²) in [6, 6.07) is 20.9. The summed E-state index contributed by atoms with van der Waals surface area (Å²) in [6.07, 6.45) is 2.64. The Morgan fingerprint density at radius 3 is 1.24 bits per heavy atom. The first-order chi connectivity index (χ1) is 12.3. The van der Waals surface area contributed by atoms with E-state index in [9.17, 15) is 0 Å². The van der Waals surface area contributed by atoms with Crippen LogP contribution in [0.2, 0.25) is 0 Å². The van der Waals surface area contributed by atoms with E-state index in [4.69, 9.17) is 0 Å². The van der Waals surface area contributed by atoms with Crippen LogP contribution in [0.5, 0.6) is 0 Å². The van der Waals surface area contributed by atoms with Gasteiger partial charge in [-0.3, -0.25) is 0 Å². The van der Waals surface area contributed by atoms with Crippen molar-refractivity contribution in [3.8, 4) is 0 Å². The van der Waals surface area contributed by atoms with Crippen LogP contribution in [0.25, 0.3) is 0 Å². The molecule has 0 aliphatic heterocycles. The molecule has 2 aromatic carbocycles. The van der Waals surface area contributed by atoms with Crippen LogP contribution in [0, 0.1) is 0 Å². The molecule has 0 amide bonds. The van der Waals surface area contributed by atoms with E-state index < -0.39 is 0 Å². The first-order valence-corrected chi connectivity index (χ1v) is 11.5. The molecular weight excluding hydrogens is 442 g/mol. The van der Waals surface area contributed by atoms with Gasteiger partial charge >= 0.3 is 159 Å². The molecule has 0 saturated carbocycles. The van der Waals surface area contributed by atoms with Crippen molar-refractivity contribution in [2.75, 3.05) is 0 Å². The Morgan fingerprint density at radius 1 is 0.480 bits per heavy atom. The molecule has 4 aromatic rings. The van der Waals surface area contributed by atoms with Gasteiger partial charge in [0, 0.05) is 0 Å². The first kappa shape index (κ1) is 16.6. The maximum absolute atomic E-state index is 4.40. The van der Waals surface area contributed by atoms with E-state index in [2.05, 4.69) is 68.9 Å². The summed E-state index contributed by atoms with van der Waals surface area (Å²) < 4.78 is 4.75. The van der Waals surface area contributed by atoms with Crippen molar-refractivity contribution in [3.63, 3.8) is 0 Å². The zero-order chi connectivity index (χ0) is 16.9. The summed E-state index contributed by atoms with van der Waals surface area (Å²) in [5, 5.41) is 17.6. The third-order valence-electron chi connectivity index (χ3n) is 3.72. The Labute approximate surface area is 158 Å². The predicted octanol–water partition coefficient (Wildman–Crippen LogP) is 2.15. The molecule has 25 heavy (non-hydrogen) atoms. The number of aromatic nitrogens is 4. The molecule has 6 heteroatoms. The van der Waals surface area contributed by atoms with Gasteiger partial charge in [-0.25, -0.2) is 0 Å². The van der Waals surface area contributed by atoms with E-state index in [-0.39, 0.29) is 29.0 Å². The fourth-order valence-corrected chi connectivity index (χ4v) is 6.70. The van der Waals surface area contributed by atoms with Gasteiger partial charge in [-0.2, -0.15) is 0 Å². The third-order valence-corrected chi connectivity index (χ3v) is 7.59. The molecule has 0 saturated heterocycles. The molecule has 0 atom stereocenters. The van der Waals surface area contributed by atoms with Crippen LogP contribution in [0.1, 0.15) is 29.4 Å². The molecule has 2 aromatic heterocycles. The van der Waals surface area contributed by atoms with Gasteiger partial charge in [0.05, 0.1) is 0 Å². The van der Waals surface area contributed by atoms with Gasteiger partial charge in [0.15, 0.2) is 0 Å². The van der Waals surface area contributed by atoms with Gasteiger partial charge in [0.2, 0.25) is 0 Å². The van der Waals surface area contributed by atoms with Crippen LogP contribution in [0.3, 0.4) is 0 Å². The van der Waals surface area contributed by atoms with E-state index in [0.29, 0.717) is 0 Å². The maximum atomic E-state index is 4.40. The van der Waals surface area contributed by atoms with E-state index in [1.54, 1.807) is 0 Å². The quantitative estimate of drug-likeness (QED) is 0.416. The molecule has 0 aliphatic rings. The average molecular weight is 458 g/mol. The van der Waals surface area contributed by atoms with Crippen LogP contribution in [0.15, 0.2) is 60.7 Å². The summed E-state index contributed by atoms with van der Waals surface area (Å²) >= 11 is 0.493. The van der Waals surface area contributed by atoms with Gasteiger partial charge in [-0.1, -0.05) is 0 Å². The summed E-state index contributed by atoms with van der Waals surface area (Å²) in [5.41, 5.74) is 2.60. The molecule has 0 spiro atoms. The summed E-state index contributed by atoms with van der Waals surface area (Å²) in [6.45, 7) is 0. The molecule has 0 unspecified atom stereocenters. The Kier molecular flexibility index (Phi) is 5.33. The normalized spacial score (nSPS) is 10.9. The molecule has 0 fully saturated rings. The Balaban J connectivity index is 1.39. The molecule has 0 radical (unpaired) electrons. The summed E-state index contributed by atoms with van der Waals surface area (Å²) in [7, 11) is 0. The monoisotopic (exact) mass is 460 g/mol. The Hall–Kier alpha value is -1.84. The van der Waals surface area contributed by atoms with Crippen LogP contribution in [0.4, 0.5) is 0 Å². The second-order valence-electron chi connectivity index (χ2n) is 5.68. The fourth-order valence-electron chi connectivity index (χ4n) is 2.53. The van der Waals surface area contributed by atoms with E-state index in [1.807, 2.05) is 12.1 Å². The van der Waals surface area contributed by atoms with Crippen molar-refractivity contribution < 1.29 is 0 Å². The van der Waals surface area contributed by atoms with E-state index >= 15 is 0 Å². The van der Waals surface area contributed by atoms with Crippen molar-refractivity contribution in [1.29, 1.82) is 0 Å². The standard InChI is InChI=1S/C19H16N4Se2/c1-3-7-14(8-4-1)11-16-20-22-18(24-16)13-19-23-21-17(25-19)12-15-9-5-2-6-10-15/h1-10H,11-13H2. The molecule has 4 nitrogen and oxygen atoms in total. The first-order valence-electron chi connectivity index (χ1n) is 8.05. The van der Waals surface area contributed by atoms with Crippen molar-refractivity contribution in [3.05, 3.63) is 90.1 Å². The van der Waals surface area contributed by atoms with Crippen LogP contribution in [-0.4, -0.2) is 49.4 Å². The van der Waals surface area contributed by atoms with Gasteiger partial charge in [-0.15, -0.1) is 0 Å². The molecular formula is C19H16N4Se2. The zero-order valence-corrected chi connectivity index (χ0v) is 16.9. The summed E-state index contributed by atoms with van der Waals surface area (Å²) in [5.74, 6) is 0. The topological polar surface area (TPSA) is 51.6 Å². The number of hydrogen-bond donors (Lipinski definition) is 0. The minimum absolute atomic E-state index is 0.247. The van der Waals surface area contributed by atoms with E-state index in [1.165, 1.54) is 29.4 Å². The van der Waals surface area contributed by atoms with Crippen molar-refractivity contribution in [1.82, 2.24) is 20.4 Å². The van der Waals surface area contributed by atoms with Crippen molar-refractivity contribution in [2.45, 2.75) is 19.3 Å². The molecule has 0 aliphatic carbocycles. The number of rotatable bonds is 6. The molecule has 0 bridgehead atoms. The Bertz CT molecular complexity index is 854. The second kappa shape index (κ2) is 8.03. The number of benzene rings is 2. The van der Waals surface area contributed by atoms with Gasteiger partial charge in [-0.05, 0) is 0 Å². The predicted molar refractivity (Wildman–Crippen MR) is 99.2 cm³/mol. The van der Waals surface area contributed by atoms with Gasteiger partial charge in [0.25, 0.3) is 0 Å². The Morgan fingerprint density at radius 2 is 0.840 bits per heavy atom. The van der Waals surface area contributed by atoms with Crippen molar-refractivity contribution >= 4 is 29.0 Å². The van der Waals surface area contributed by atoms with E-state index in [0.717, 1.165) is 19.3 Å². The second-order valence-corrected chi connectivity index (χ2v) is 10.5. The third kappa shape index (κ3) is 4.62. The van der Waals surface area contributed by atoms with Crippen LogP contribution < -0.4 is 0 Å². The number of hydrogen-bond acceptors (Lipinski definition) is 4. The molecule has 0 N–H and O–H groups in total. The fraction of sp³-hybridized carbons (Fsp3) is 0.158. The minimum atomic E-state index is 0.247. The SMILES string of the molecule is c1ccc(Cc2nnc(Cc3nnc(Cc4ccccc4)[se]3)[se]2)cc1. The molecule has 2 heterocycles. The summed E-state index contributed by atoms with van der Waals surface area (Å²) in [4.78, 5) is 0. The molecule has 124 valence electrons. The van der Waals surface area contributed by atoms with Crippen molar-refractivity contribution in [2.24, 2.45) is 0 Å². The van der Waals surface area contributed by atoms with Crippen LogP contribution in [-0.2, 0) is 19.3 Å². The van der Waals surface area contributed by atoms with Gasteiger partial charge < -0.3 is 0 Å². The number of nitrogens with zero attached hydrogens (tertiary/aromatic N) is 4. The van der Waals surface area contributed by atoms with Crippen LogP contribution >= 0.6 is 0 Å². The molecule has 4 rings (SSSR count). The average Bonchev–Trinajstić information content (AvgIpc) is 3.27.